The summed E-state index contributed by atoms with van der Waals surface area (Å²) in [5.74, 6) is 6.28. The number of nitrogens with zero attached hydrogens (tertiary/aromatic N) is 3. The van der Waals surface area contributed by atoms with E-state index in [1.165, 1.54) is 11.9 Å². The van der Waals surface area contributed by atoms with Crippen LogP contribution in [-0.2, 0) is 9.53 Å². The van der Waals surface area contributed by atoms with Gasteiger partial charge in [-0.15, -0.1) is 0 Å². The van der Waals surface area contributed by atoms with Gasteiger partial charge in [0.15, 0.2) is 0 Å². The number of primary amides is 1. The molecule has 0 aliphatic rings. The van der Waals surface area contributed by atoms with Gasteiger partial charge in [0.05, 0.1) is 11.8 Å². The second kappa shape index (κ2) is 14.0. The van der Waals surface area contributed by atoms with Crippen molar-refractivity contribution in [3.63, 3.8) is 0 Å². The highest BCUT2D eigenvalue weighted by Gasteiger charge is 2.27. The molecule has 1 aromatic heterocycles. The summed E-state index contributed by atoms with van der Waals surface area (Å²) in [5.41, 5.74) is 7.55. The lowest BCUT2D eigenvalue weighted by molar-refractivity contribution is -0.120. The molecule has 0 aliphatic carbocycles. The third-order valence-electron chi connectivity index (χ3n) is 5.87. The average Bonchev–Trinajstić information content (AvgIpc) is 2.94. The highest BCUT2D eigenvalue weighted by molar-refractivity contribution is 5.96. The van der Waals surface area contributed by atoms with Gasteiger partial charge >= 0.3 is 6.09 Å². The fourth-order valence-corrected chi connectivity index (χ4v) is 3.49. The van der Waals surface area contributed by atoms with E-state index in [4.69, 9.17) is 10.5 Å². The zero-order chi connectivity index (χ0) is 30.9. The Balaban J connectivity index is 1.74. The Morgan fingerprint density at radius 2 is 1.79 bits per heavy atom. The lowest BCUT2D eigenvalue weighted by Gasteiger charge is -2.28. The summed E-state index contributed by atoms with van der Waals surface area (Å²) in [4.78, 5) is 46.7. The van der Waals surface area contributed by atoms with Crippen LogP contribution in [0.15, 0.2) is 54.7 Å². The van der Waals surface area contributed by atoms with Crippen molar-refractivity contribution in [1.29, 1.82) is 0 Å². The summed E-state index contributed by atoms with van der Waals surface area (Å²) in [7, 11) is 1.52. The van der Waals surface area contributed by atoms with Gasteiger partial charge in [-0.2, -0.15) is 4.98 Å². The van der Waals surface area contributed by atoms with Crippen molar-refractivity contribution in [3.8, 4) is 11.8 Å². The lowest BCUT2D eigenvalue weighted by Crippen LogP contribution is -2.45. The molecule has 0 fully saturated rings. The van der Waals surface area contributed by atoms with Gasteiger partial charge < -0.3 is 26.4 Å². The maximum atomic E-state index is 12.8. The van der Waals surface area contributed by atoms with Crippen LogP contribution >= 0.6 is 0 Å². The SMILES string of the molecule is CCCNc1nc(Nc2ccc(C(N)=O)cc2)ncc1C#Cc1cccc(NC(=O)[C@H](C)N(C)C(=O)OC(C)(C)C)c1. The molecule has 3 amide bonds. The van der Waals surface area contributed by atoms with Gasteiger partial charge in [-0.25, -0.2) is 9.78 Å². The number of nitrogens with one attached hydrogen (secondary N) is 3. The molecule has 0 saturated heterocycles. The maximum absolute atomic E-state index is 12.8. The third kappa shape index (κ3) is 9.23. The monoisotopic (exact) mass is 571 g/mol. The number of hydrogen-bond donors (Lipinski definition) is 4. The summed E-state index contributed by atoms with van der Waals surface area (Å²) >= 11 is 0. The molecule has 5 N–H and O–H groups in total. The molecule has 2 aromatic carbocycles. The molecule has 0 radical (unpaired) electrons. The molecule has 0 saturated carbocycles. The van der Waals surface area contributed by atoms with Crippen LogP contribution in [0, 0.1) is 11.8 Å². The number of aromatic nitrogens is 2. The number of carbonyl (C=O) groups is 3. The van der Waals surface area contributed by atoms with Gasteiger partial charge in [-0.05, 0) is 76.6 Å². The molecule has 3 rings (SSSR count). The van der Waals surface area contributed by atoms with Crippen LogP contribution in [0.4, 0.5) is 27.9 Å². The third-order valence-corrected chi connectivity index (χ3v) is 5.87. The first-order chi connectivity index (χ1) is 19.9. The van der Waals surface area contributed by atoms with E-state index in [2.05, 4.69) is 37.8 Å². The number of nitrogens with two attached hydrogens (primary N) is 1. The molecule has 0 unspecified atom stereocenters. The number of hydrogen-bond acceptors (Lipinski definition) is 8. The normalized spacial score (nSPS) is 11.4. The predicted molar refractivity (Wildman–Crippen MR) is 164 cm³/mol. The highest BCUT2D eigenvalue weighted by Crippen LogP contribution is 2.19. The van der Waals surface area contributed by atoms with Gasteiger partial charge in [-0.3, -0.25) is 14.5 Å². The number of ether oxygens (including phenoxy) is 1. The van der Waals surface area contributed by atoms with Gasteiger partial charge in [0.1, 0.15) is 17.5 Å². The van der Waals surface area contributed by atoms with Crippen LogP contribution < -0.4 is 21.7 Å². The van der Waals surface area contributed by atoms with Crippen molar-refractivity contribution < 1.29 is 19.1 Å². The Labute approximate surface area is 246 Å². The lowest BCUT2D eigenvalue weighted by atomic mass is 10.1. The van der Waals surface area contributed by atoms with Crippen LogP contribution in [0.3, 0.4) is 0 Å². The number of carbonyl (C=O) groups excluding carboxylic acids is 3. The van der Waals surface area contributed by atoms with Gasteiger partial charge in [0, 0.05) is 36.1 Å². The van der Waals surface area contributed by atoms with E-state index in [1.54, 1.807) is 76.4 Å². The summed E-state index contributed by atoms with van der Waals surface area (Å²) < 4.78 is 5.35. The highest BCUT2D eigenvalue weighted by atomic mass is 16.6. The van der Waals surface area contributed by atoms with Crippen LogP contribution in [0.2, 0.25) is 0 Å². The van der Waals surface area contributed by atoms with Crippen molar-refractivity contribution in [1.82, 2.24) is 14.9 Å². The minimum Gasteiger partial charge on any atom is -0.444 e. The Morgan fingerprint density at radius 1 is 1.07 bits per heavy atom. The van der Waals surface area contributed by atoms with E-state index in [-0.39, 0.29) is 5.91 Å². The molecule has 1 heterocycles. The molecule has 0 spiro atoms. The summed E-state index contributed by atoms with van der Waals surface area (Å²) in [5, 5.41) is 9.22. The van der Waals surface area contributed by atoms with Gasteiger partial charge in [-0.1, -0.05) is 24.8 Å². The minimum atomic E-state index is -0.757. The number of anilines is 4. The van der Waals surface area contributed by atoms with E-state index in [9.17, 15) is 14.4 Å². The standard InChI is InChI=1S/C31H37N7O4/c1-7-17-33-27-23(19-34-29(37-27)36-24-15-13-22(14-16-24)26(32)39)12-11-21-9-8-10-25(18-21)35-28(40)20(2)38(6)30(41)42-31(3,4)5/h8-10,13-16,18-20H,7,17H2,1-6H3,(H2,32,39)(H,35,40)(H2,33,34,36,37)/t20-/m0/s1. The fourth-order valence-electron chi connectivity index (χ4n) is 3.49. The Kier molecular flexibility index (Phi) is 10.5. The molecular weight excluding hydrogens is 534 g/mol. The quantitative estimate of drug-likeness (QED) is 0.269. The first-order valence-corrected chi connectivity index (χ1v) is 13.5. The van der Waals surface area contributed by atoms with E-state index >= 15 is 0 Å². The van der Waals surface area contributed by atoms with E-state index in [0.29, 0.717) is 46.4 Å². The topological polar surface area (TPSA) is 152 Å². The minimum absolute atomic E-state index is 0.361. The van der Waals surface area contributed by atoms with Gasteiger partial charge in [0.25, 0.3) is 0 Å². The van der Waals surface area contributed by atoms with Crippen LogP contribution in [-0.4, -0.2) is 58.0 Å². The number of benzene rings is 2. The number of amides is 3. The second-order valence-electron chi connectivity index (χ2n) is 10.5. The van der Waals surface area contributed by atoms with Gasteiger partial charge in [0.2, 0.25) is 17.8 Å². The van der Waals surface area contributed by atoms with E-state index in [0.717, 1.165) is 6.42 Å². The predicted octanol–water partition coefficient (Wildman–Crippen LogP) is 4.73. The Bertz CT molecular complexity index is 1490. The molecule has 0 bridgehead atoms. The second-order valence-corrected chi connectivity index (χ2v) is 10.5. The zero-order valence-electron chi connectivity index (χ0n) is 24.7. The van der Waals surface area contributed by atoms with E-state index in [1.807, 2.05) is 13.0 Å². The summed E-state index contributed by atoms with van der Waals surface area (Å²) in [6.07, 6.45) is 1.93. The largest absolute Gasteiger partial charge is 0.444 e. The van der Waals surface area contributed by atoms with Crippen molar-refractivity contribution >= 4 is 41.0 Å². The molecule has 11 nitrogen and oxygen atoms in total. The zero-order valence-corrected chi connectivity index (χ0v) is 24.7. The molecule has 1 atom stereocenters. The summed E-state index contributed by atoms with van der Waals surface area (Å²) in [6, 6.07) is 13.0. The smallest absolute Gasteiger partial charge is 0.410 e. The van der Waals surface area contributed by atoms with Crippen LogP contribution in [0.1, 0.15) is 62.5 Å². The molecule has 0 aliphatic heterocycles. The number of rotatable bonds is 9. The molecule has 11 heteroatoms. The molecule has 3 aromatic rings. The van der Waals surface area contributed by atoms with Crippen molar-refractivity contribution in [3.05, 3.63) is 71.4 Å². The molecule has 42 heavy (non-hydrogen) atoms. The van der Waals surface area contributed by atoms with Crippen molar-refractivity contribution in [2.24, 2.45) is 5.73 Å². The number of likely N-dealkylation sites (N-methyl/N-ethyl adjacent to an activating group) is 1. The Morgan fingerprint density at radius 3 is 2.43 bits per heavy atom. The van der Waals surface area contributed by atoms with Crippen LogP contribution in [0.5, 0.6) is 0 Å². The fraction of sp³-hybridized carbons (Fsp3) is 0.323. The van der Waals surface area contributed by atoms with Crippen molar-refractivity contribution in [2.75, 3.05) is 29.5 Å². The average molecular weight is 572 g/mol. The molecule has 220 valence electrons. The van der Waals surface area contributed by atoms with Crippen LogP contribution in [0.25, 0.3) is 0 Å². The first kappa shape index (κ1) is 31.4. The van der Waals surface area contributed by atoms with Crippen molar-refractivity contribution in [2.45, 2.75) is 52.7 Å². The maximum Gasteiger partial charge on any atom is 0.410 e. The Hall–Kier alpha value is -5.11. The molecular formula is C31H37N7O4. The first-order valence-electron chi connectivity index (χ1n) is 13.5. The summed E-state index contributed by atoms with van der Waals surface area (Å²) in [6.45, 7) is 9.67. The van der Waals surface area contributed by atoms with E-state index < -0.39 is 23.6 Å².